The molecular weight excluding hydrogens is 428 g/mol. The average molecular weight is 434 g/mol. The van der Waals surface area contributed by atoms with E-state index in [0.717, 1.165) is 7.57 Å². The lowest BCUT2D eigenvalue weighted by molar-refractivity contribution is 0.0970. The number of thiophene rings is 2. The molecule has 0 aliphatic heterocycles. The molecule has 0 fully saturated rings. The van der Waals surface area contributed by atoms with Crippen LogP contribution in [0.3, 0.4) is 0 Å². The van der Waals surface area contributed by atoms with Gasteiger partial charge >= 0.3 is 0 Å². The predicted octanol–water partition coefficient (Wildman–Crippen LogP) is 3.93. The summed E-state index contributed by atoms with van der Waals surface area (Å²) in [5.41, 5.74) is 1.06. The van der Waals surface area contributed by atoms with Gasteiger partial charge in [0, 0.05) is 5.56 Å². The summed E-state index contributed by atoms with van der Waals surface area (Å²) in [5.74, 6) is -0.126. The summed E-state index contributed by atoms with van der Waals surface area (Å²) in [6.45, 7) is -0.0125. The third-order valence-electron chi connectivity index (χ3n) is 2.71. The van der Waals surface area contributed by atoms with Gasteiger partial charge in [0.2, 0.25) is 0 Å². The Labute approximate surface area is 138 Å². The minimum Gasteiger partial charge on any atom is -0.292 e. The maximum absolute atomic E-state index is 12.2. The zero-order valence-electron chi connectivity index (χ0n) is 9.80. The largest absolute Gasteiger partial charge is 0.292 e. The summed E-state index contributed by atoms with van der Waals surface area (Å²) >= 11 is 9.45. The first-order chi connectivity index (χ1) is 9.56. The van der Waals surface area contributed by atoms with E-state index < -0.39 is 0 Å². The number of hydrogen-bond acceptors (Lipinski definition) is 5. The molecule has 0 unspecified atom stereocenters. The molecule has 3 rings (SSSR count). The van der Waals surface area contributed by atoms with Crippen molar-refractivity contribution in [2.24, 2.45) is 0 Å². The lowest BCUT2D eigenvalue weighted by atomic mass is 10.2. The van der Waals surface area contributed by atoms with E-state index >= 15 is 0 Å². The van der Waals surface area contributed by atoms with Crippen molar-refractivity contribution in [2.75, 3.05) is 0 Å². The SMILES string of the molecule is O=C(Cn1cnc2ccsc2c1=O)c1cc(Br)sc1Br. The summed E-state index contributed by atoms with van der Waals surface area (Å²) in [5, 5.41) is 1.82. The highest BCUT2D eigenvalue weighted by Gasteiger charge is 2.15. The summed E-state index contributed by atoms with van der Waals surface area (Å²) in [6.07, 6.45) is 1.42. The number of carbonyl (C=O) groups is 1. The van der Waals surface area contributed by atoms with Crippen LogP contribution in [0.4, 0.5) is 0 Å². The van der Waals surface area contributed by atoms with E-state index in [9.17, 15) is 9.59 Å². The monoisotopic (exact) mass is 432 g/mol. The zero-order chi connectivity index (χ0) is 14.3. The standard InChI is InChI=1S/C12H6Br2N2O2S2/c13-9-3-6(11(14)20-9)8(17)4-16-5-15-7-1-2-19-10(7)12(16)18/h1-3,5H,4H2. The Morgan fingerprint density at radius 3 is 2.90 bits per heavy atom. The Bertz CT molecular complexity index is 866. The molecule has 3 aromatic rings. The van der Waals surface area contributed by atoms with Gasteiger partial charge in [0.1, 0.15) is 4.70 Å². The van der Waals surface area contributed by atoms with Gasteiger partial charge in [-0.25, -0.2) is 4.98 Å². The third-order valence-corrected chi connectivity index (χ3v) is 5.94. The Kier molecular flexibility index (Phi) is 3.89. The molecule has 3 heterocycles. The van der Waals surface area contributed by atoms with Crippen LogP contribution in [0.5, 0.6) is 0 Å². The first-order valence-corrected chi connectivity index (χ1v) is 8.75. The summed E-state index contributed by atoms with van der Waals surface area (Å²) in [4.78, 5) is 28.6. The summed E-state index contributed by atoms with van der Waals surface area (Å²) < 4.78 is 3.55. The van der Waals surface area contributed by atoms with Crippen molar-refractivity contribution >= 4 is 70.5 Å². The fraction of sp³-hybridized carbons (Fsp3) is 0.0833. The fourth-order valence-corrected chi connectivity index (χ4v) is 5.41. The van der Waals surface area contributed by atoms with Gasteiger partial charge in [0.15, 0.2) is 5.78 Å². The highest BCUT2D eigenvalue weighted by molar-refractivity contribution is 9.12. The number of rotatable bonds is 3. The minimum absolute atomic E-state index is 0.0125. The van der Waals surface area contributed by atoms with E-state index in [1.165, 1.54) is 33.6 Å². The van der Waals surface area contributed by atoms with Gasteiger partial charge in [-0.15, -0.1) is 22.7 Å². The smallest absolute Gasteiger partial charge is 0.271 e. The topological polar surface area (TPSA) is 52.0 Å². The maximum Gasteiger partial charge on any atom is 0.271 e. The van der Waals surface area contributed by atoms with Gasteiger partial charge in [-0.1, -0.05) is 0 Å². The number of nitrogens with zero attached hydrogens (tertiary/aromatic N) is 2. The van der Waals surface area contributed by atoms with Crippen molar-refractivity contribution < 1.29 is 4.79 Å². The molecule has 0 bridgehead atoms. The van der Waals surface area contributed by atoms with E-state index in [1.54, 1.807) is 12.1 Å². The Morgan fingerprint density at radius 1 is 1.40 bits per heavy atom. The molecule has 102 valence electrons. The minimum atomic E-state index is -0.177. The number of fused-ring (bicyclic) bond motifs is 1. The molecule has 3 aromatic heterocycles. The number of halogens is 2. The van der Waals surface area contributed by atoms with Crippen LogP contribution in [-0.2, 0) is 6.54 Å². The molecular formula is C12H6Br2N2O2S2. The van der Waals surface area contributed by atoms with Crippen molar-refractivity contribution in [1.29, 1.82) is 0 Å². The second-order valence-electron chi connectivity index (χ2n) is 3.97. The van der Waals surface area contributed by atoms with Crippen LogP contribution in [0.15, 0.2) is 36.2 Å². The molecule has 0 radical (unpaired) electrons. The highest BCUT2D eigenvalue weighted by Crippen LogP contribution is 2.32. The molecule has 0 aromatic carbocycles. The van der Waals surface area contributed by atoms with Crippen LogP contribution in [0.2, 0.25) is 0 Å². The van der Waals surface area contributed by atoms with Gasteiger partial charge < -0.3 is 0 Å². The number of aromatic nitrogens is 2. The van der Waals surface area contributed by atoms with Crippen LogP contribution in [0.1, 0.15) is 10.4 Å². The lowest BCUT2D eigenvalue weighted by Gasteiger charge is -2.03. The Hall–Kier alpha value is -0.830. The molecule has 0 aliphatic carbocycles. The molecule has 0 saturated heterocycles. The maximum atomic E-state index is 12.2. The molecule has 0 spiro atoms. The van der Waals surface area contributed by atoms with Crippen molar-refractivity contribution in [3.05, 3.63) is 47.3 Å². The van der Waals surface area contributed by atoms with E-state index in [2.05, 4.69) is 36.8 Å². The fourth-order valence-electron chi connectivity index (χ4n) is 1.76. The van der Waals surface area contributed by atoms with E-state index in [4.69, 9.17) is 0 Å². The van der Waals surface area contributed by atoms with Crippen LogP contribution >= 0.6 is 54.5 Å². The van der Waals surface area contributed by atoms with Crippen molar-refractivity contribution in [3.63, 3.8) is 0 Å². The van der Waals surface area contributed by atoms with Crippen molar-refractivity contribution in [2.45, 2.75) is 6.54 Å². The quantitative estimate of drug-likeness (QED) is 0.588. The van der Waals surface area contributed by atoms with E-state index in [-0.39, 0.29) is 17.9 Å². The van der Waals surface area contributed by atoms with Crippen molar-refractivity contribution in [1.82, 2.24) is 9.55 Å². The second-order valence-corrected chi connectivity index (χ2v) is 8.64. The third kappa shape index (κ3) is 2.52. The first kappa shape index (κ1) is 14.1. The van der Waals surface area contributed by atoms with Gasteiger partial charge in [-0.3, -0.25) is 14.2 Å². The van der Waals surface area contributed by atoms with Gasteiger partial charge in [-0.05, 0) is 49.4 Å². The summed E-state index contributed by atoms with van der Waals surface area (Å²) in [7, 11) is 0. The molecule has 8 heteroatoms. The number of Topliss-reactive ketones (excluding diaryl/α,β-unsaturated/α-hetero) is 1. The normalized spacial score (nSPS) is 11.1. The predicted molar refractivity (Wildman–Crippen MR) is 87.9 cm³/mol. The van der Waals surface area contributed by atoms with Gasteiger partial charge in [0.05, 0.1) is 26.0 Å². The molecule has 0 amide bonds. The Balaban J connectivity index is 1.97. The Morgan fingerprint density at radius 2 is 2.20 bits per heavy atom. The lowest BCUT2D eigenvalue weighted by Crippen LogP contribution is -2.24. The highest BCUT2D eigenvalue weighted by atomic mass is 79.9. The molecule has 0 atom stereocenters. The zero-order valence-corrected chi connectivity index (χ0v) is 14.6. The number of ketones is 1. The summed E-state index contributed by atoms with van der Waals surface area (Å²) in [6, 6.07) is 3.54. The number of carbonyl (C=O) groups excluding carboxylic acids is 1. The molecule has 0 N–H and O–H groups in total. The van der Waals surface area contributed by atoms with Crippen LogP contribution in [-0.4, -0.2) is 15.3 Å². The molecule has 0 saturated carbocycles. The van der Waals surface area contributed by atoms with Crippen molar-refractivity contribution in [3.8, 4) is 0 Å². The van der Waals surface area contributed by atoms with Crippen LogP contribution in [0.25, 0.3) is 10.2 Å². The van der Waals surface area contributed by atoms with Gasteiger partial charge in [-0.2, -0.15) is 0 Å². The average Bonchev–Trinajstić information content (AvgIpc) is 2.99. The van der Waals surface area contributed by atoms with Crippen LogP contribution in [0, 0.1) is 0 Å². The molecule has 20 heavy (non-hydrogen) atoms. The van der Waals surface area contributed by atoms with Crippen LogP contribution < -0.4 is 5.56 Å². The second kappa shape index (κ2) is 5.51. The number of hydrogen-bond donors (Lipinski definition) is 0. The molecule has 0 aliphatic rings. The first-order valence-electron chi connectivity index (χ1n) is 5.47. The molecule has 4 nitrogen and oxygen atoms in total. The van der Waals surface area contributed by atoms with Gasteiger partial charge in [0.25, 0.3) is 5.56 Å². The van der Waals surface area contributed by atoms with E-state index in [0.29, 0.717) is 15.8 Å². The van der Waals surface area contributed by atoms with E-state index in [1.807, 2.05) is 5.38 Å².